The Balaban J connectivity index is 1.86. The SMILES string of the molecule is CCCc1cc2nc3c(c(Cl)n2n1)CCC31CCCCC1. The van der Waals surface area contributed by atoms with Crippen LogP contribution in [0.15, 0.2) is 6.07 Å². The first-order chi connectivity index (χ1) is 10.2. The summed E-state index contributed by atoms with van der Waals surface area (Å²) in [6, 6.07) is 2.12. The first-order valence-corrected chi connectivity index (χ1v) is 8.69. The van der Waals surface area contributed by atoms with E-state index in [1.807, 2.05) is 4.52 Å². The first kappa shape index (κ1) is 13.6. The molecule has 0 aromatic carbocycles. The molecule has 1 spiro atoms. The number of aryl methyl sites for hydroxylation is 1. The lowest BCUT2D eigenvalue weighted by atomic mass is 9.72. The molecular formula is C17H22ClN3. The smallest absolute Gasteiger partial charge is 0.157 e. The Morgan fingerprint density at radius 3 is 2.81 bits per heavy atom. The molecule has 2 aromatic heterocycles. The molecule has 0 bridgehead atoms. The summed E-state index contributed by atoms with van der Waals surface area (Å²) < 4.78 is 1.85. The van der Waals surface area contributed by atoms with Crippen molar-refractivity contribution >= 4 is 17.2 Å². The zero-order valence-electron chi connectivity index (χ0n) is 12.7. The molecule has 4 rings (SSSR count). The standard InChI is InChI=1S/C17H22ClN3/c1-2-6-12-11-14-19-15-13(16(18)21(14)20-12)7-10-17(15)8-4-3-5-9-17/h11H,2-10H2,1H3. The van der Waals surface area contributed by atoms with Gasteiger partial charge in [-0.25, -0.2) is 9.50 Å². The molecule has 1 fully saturated rings. The third-order valence-electron chi connectivity index (χ3n) is 5.36. The van der Waals surface area contributed by atoms with Crippen LogP contribution in [-0.2, 0) is 18.3 Å². The van der Waals surface area contributed by atoms with E-state index in [0.29, 0.717) is 5.41 Å². The Kier molecular flexibility index (Phi) is 3.21. The van der Waals surface area contributed by atoms with Crippen LogP contribution in [0.5, 0.6) is 0 Å². The Bertz CT molecular complexity index is 683. The number of fused-ring (bicyclic) bond motifs is 3. The van der Waals surface area contributed by atoms with E-state index >= 15 is 0 Å². The van der Waals surface area contributed by atoms with Crippen LogP contribution in [0.2, 0.25) is 5.15 Å². The summed E-state index contributed by atoms with van der Waals surface area (Å²) in [5.74, 6) is 0. The van der Waals surface area contributed by atoms with E-state index in [-0.39, 0.29) is 0 Å². The number of halogens is 1. The van der Waals surface area contributed by atoms with Gasteiger partial charge in [-0.2, -0.15) is 5.10 Å². The highest BCUT2D eigenvalue weighted by atomic mass is 35.5. The van der Waals surface area contributed by atoms with Crippen LogP contribution in [0.4, 0.5) is 0 Å². The molecule has 2 heterocycles. The molecule has 21 heavy (non-hydrogen) atoms. The van der Waals surface area contributed by atoms with Crippen molar-refractivity contribution in [3.8, 4) is 0 Å². The van der Waals surface area contributed by atoms with Gasteiger partial charge in [0.25, 0.3) is 0 Å². The highest BCUT2D eigenvalue weighted by Crippen LogP contribution is 2.49. The van der Waals surface area contributed by atoms with Gasteiger partial charge >= 0.3 is 0 Å². The van der Waals surface area contributed by atoms with Crippen molar-refractivity contribution in [2.24, 2.45) is 0 Å². The molecule has 112 valence electrons. The third-order valence-corrected chi connectivity index (χ3v) is 5.75. The quantitative estimate of drug-likeness (QED) is 0.766. The topological polar surface area (TPSA) is 30.2 Å². The first-order valence-electron chi connectivity index (χ1n) is 8.31. The summed E-state index contributed by atoms with van der Waals surface area (Å²) in [6.07, 6.45) is 11.0. The fraction of sp³-hybridized carbons (Fsp3) is 0.647. The zero-order chi connectivity index (χ0) is 14.4. The van der Waals surface area contributed by atoms with Gasteiger partial charge in [0, 0.05) is 17.0 Å². The van der Waals surface area contributed by atoms with Crippen molar-refractivity contribution in [1.29, 1.82) is 0 Å². The van der Waals surface area contributed by atoms with Gasteiger partial charge in [-0.15, -0.1) is 0 Å². The molecule has 0 saturated heterocycles. The normalized spacial score (nSPS) is 20.3. The summed E-state index contributed by atoms with van der Waals surface area (Å²) >= 11 is 6.66. The third kappa shape index (κ3) is 2.01. The lowest BCUT2D eigenvalue weighted by molar-refractivity contribution is 0.286. The molecule has 0 unspecified atom stereocenters. The molecule has 2 aromatic rings. The molecular weight excluding hydrogens is 282 g/mol. The molecule has 0 radical (unpaired) electrons. The van der Waals surface area contributed by atoms with Crippen LogP contribution in [-0.4, -0.2) is 14.6 Å². The van der Waals surface area contributed by atoms with E-state index in [4.69, 9.17) is 16.6 Å². The van der Waals surface area contributed by atoms with Crippen molar-refractivity contribution < 1.29 is 0 Å². The Morgan fingerprint density at radius 1 is 1.24 bits per heavy atom. The second-order valence-electron chi connectivity index (χ2n) is 6.73. The lowest BCUT2D eigenvalue weighted by Crippen LogP contribution is -2.27. The summed E-state index contributed by atoms with van der Waals surface area (Å²) in [6.45, 7) is 2.18. The summed E-state index contributed by atoms with van der Waals surface area (Å²) in [5, 5.41) is 5.44. The van der Waals surface area contributed by atoms with Crippen molar-refractivity contribution in [3.63, 3.8) is 0 Å². The monoisotopic (exact) mass is 303 g/mol. The predicted octanol–water partition coefficient (Wildman–Crippen LogP) is 4.48. The molecule has 3 nitrogen and oxygen atoms in total. The highest BCUT2D eigenvalue weighted by molar-refractivity contribution is 6.30. The minimum Gasteiger partial charge on any atom is -0.233 e. The molecule has 2 aliphatic rings. The van der Waals surface area contributed by atoms with E-state index in [1.54, 1.807) is 0 Å². The largest absolute Gasteiger partial charge is 0.233 e. The maximum absolute atomic E-state index is 6.66. The second kappa shape index (κ2) is 4.98. The maximum atomic E-state index is 6.66. The van der Waals surface area contributed by atoms with Crippen LogP contribution >= 0.6 is 11.6 Å². The van der Waals surface area contributed by atoms with Gasteiger partial charge < -0.3 is 0 Å². The van der Waals surface area contributed by atoms with E-state index < -0.39 is 0 Å². The summed E-state index contributed by atoms with van der Waals surface area (Å²) in [4.78, 5) is 5.01. The Labute approximate surface area is 130 Å². The lowest BCUT2D eigenvalue weighted by Gasteiger charge is -2.33. The van der Waals surface area contributed by atoms with Crippen LogP contribution < -0.4 is 0 Å². The summed E-state index contributed by atoms with van der Waals surface area (Å²) in [5.41, 5.74) is 4.91. The van der Waals surface area contributed by atoms with Gasteiger partial charge in [-0.05, 0) is 32.1 Å². The van der Waals surface area contributed by atoms with E-state index in [1.165, 1.54) is 49.8 Å². The van der Waals surface area contributed by atoms with Crippen molar-refractivity contribution in [2.45, 2.75) is 70.1 Å². The molecule has 0 amide bonds. The van der Waals surface area contributed by atoms with Gasteiger partial charge in [-0.3, -0.25) is 0 Å². The fourth-order valence-electron chi connectivity index (χ4n) is 4.29. The number of aromatic nitrogens is 3. The van der Waals surface area contributed by atoms with E-state index in [2.05, 4.69) is 18.1 Å². The van der Waals surface area contributed by atoms with Crippen molar-refractivity contribution in [2.75, 3.05) is 0 Å². The predicted molar refractivity (Wildman–Crippen MR) is 85.1 cm³/mol. The fourth-order valence-corrected chi connectivity index (χ4v) is 4.60. The Hall–Kier alpha value is -1.09. The van der Waals surface area contributed by atoms with Crippen LogP contribution in [0.1, 0.15) is 68.8 Å². The molecule has 0 N–H and O–H groups in total. The van der Waals surface area contributed by atoms with Gasteiger partial charge in [-0.1, -0.05) is 44.2 Å². The molecule has 0 atom stereocenters. The van der Waals surface area contributed by atoms with Gasteiger partial charge in [0.1, 0.15) is 5.15 Å². The van der Waals surface area contributed by atoms with E-state index in [0.717, 1.165) is 35.8 Å². The highest BCUT2D eigenvalue weighted by Gasteiger charge is 2.42. The molecule has 1 saturated carbocycles. The average molecular weight is 304 g/mol. The number of hydrogen-bond donors (Lipinski definition) is 0. The van der Waals surface area contributed by atoms with Crippen LogP contribution in [0, 0.1) is 0 Å². The van der Waals surface area contributed by atoms with E-state index in [9.17, 15) is 0 Å². The second-order valence-corrected chi connectivity index (χ2v) is 7.08. The summed E-state index contributed by atoms with van der Waals surface area (Å²) in [7, 11) is 0. The molecule has 0 aliphatic heterocycles. The van der Waals surface area contributed by atoms with Crippen molar-refractivity contribution in [1.82, 2.24) is 14.6 Å². The molecule has 4 heteroatoms. The van der Waals surface area contributed by atoms with Gasteiger partial charge in [0.05, 0.1) is 11.4 Å². The minimum atomic E-state index is 0.314. The minimum absolute atomic E-state index is 0.314. The molecule has 2 aliphatic carbocycles. The van der Waals surface area contributed by atoms with Crippen molar-refractivity contribution in [3.05, 3.63) is 28.2 Å². The van der Waals surface area contributed by atoms with Gasteiger partial charge in [0.15, 0.2) is 5.65 Å². The van der Waals surface area contributed by atoms with Gasteiger partial charge in [0.2, 0.25) is 0 Å². The number of rotatable bonds is 2. The number of nitrogens with zero attached hydrogens (tertiary/aromatic N) is 3. The average Bonchev–Trinajstić information content (AvgIpc) is 3.04. The van der Waals surface area contributed by atoms with Crippen LogP contribution in [0.25, 0.3) is 5.65 Å². The maximum Gasteiger partial charge on any atom is 0.157 e. The zero-order valence-corrected chi connectivity index (χ0v) is 13.4. The number of hydrogen-bond acceptors (Lipinski definition) is 2. The van der Waals surface area contributed by atoms with Crippen LogP contribution in [0.3, 0.4) is 0 Å². The Morgan fingerprint density at radius 2 is 2.05 bits per heavy atom.